The van der Waals surface area contributed by atoms with Crippen LogP contribution in [0.2, 0.25) is 0 Å². The number of benzene rings is 1. The Labute approximate surface area is 119 Å². The molecule has 0 spiro atoms. The molecule has 0 aliphatic heterocycles. The Morgan fingerprint density at radius 3 is 2.55 bits per heavy atom. The minimum atomic E-state index is -0.279. The van der Waals surface area contributed by atoms with Crippen LogP contribution in [0.15, 0.2) is 30.3 Å². The first kappa shape index (κ1) is 14.6. The minimum absolute atomic E-state index is 0.0666. The Morgan fingerprint density at radius 2 is 1.90 bits per heavy atom. The number of hydrogen-bond acceptors (Lipinski definition) is 2. The van der Waals surface area contributed by atoms with Crippen molar-refractivity contribution in [3.63, 3.8) is 0 Å². The molecular weight excluding hydrogens is 252 g/mol. The zero-order chi connectivity index (χ0) is 14.5. The van der Waals surface area contributed by atoms with Gasteiger partial charge in [0, 0.05) is 11.5 Å². The lowest BCUT2D eigenvalue weighted by molar-refractivity contribution is -0.123. The second kappa shape index (κ2) is 6.55. The molecule has 2 atom stereocenters. The normalized spacial score (nSPS) is 20.6. The van der Waals surface area contributed by atoms with Gasteiger partial charge in [0.1, 0.15) is 0 Å². The Kier molecular flexibility index (Phi) is 4.77. The third-order valence-electron chi connectivity index (χ3n) is 3.71. The predicted octanol–water partition coefficient (Wildman–Crippen LogP) is 2.52. The van der Waals surface area contributed by atoms with Crippen molar-refractivity contribution in [1.29, 1.82) is 0 Å². The molecule has 0 saturated heterocycles. The van der Waals surface area contributed by atoms with Gasteiger partial charge in [-0.25, -0.2) is 0 Å². The Hall–Kier alpha value is -1.84. The highest BCUT2D eigenvalue weighted by Crippen LogP contribution is 2.42. The molecule has 4 heteroatoms. The largest absolute Gasteiger partial charge is 0.273 e. The molecule has 1 aliphatic carbocycles. The van der Waals surface area contributed by atoms with Crippen molar-refractivity contribution in [2.75, 3.05) is 0 Å². The summed E-state index contributed by atoms with van der Waals surface area (Å²) in [6.07, 6.45) is 3.20. The van der Waals surface area contributed by atoms with Crippen LogP contribution in [0.25, 0.3) is 0 Å². The number of nitrogens with one attached hydrogen (secondary N) is 2. The molecule has 1 fully saturated rings. The van der Waals surface area contributed by atoms with Gasteiger partial charge >= 0.3 is 0 Å². The maximum Gasteiger partial charge on any atom is 0.269 e. The summed E-state index contributed by atoms with van der Waals surface area (Å²) in [4.78, 5) is 23.6. The summed E-state index contributed by atoms with van der Waals surface area (Å²) in [5.74, 6) is 0.898. The van der Waals surface area contributed by atoms with Crippen molar-refractivity contribution in [2.45, 2.75) is 33.1 Å². The molecule has 20 heavy (non-hydrogen) atoms. The summed E-state index contributed by atoms with van der Waals surface area (Å²) < 4.78 is 0. The molecule has 0 aromatic heterocycles. The summed E-state index contributed by atoms with van der Waals surface area (Å²) >= 11 is 0. The fourth-order valence-corrected chi connectivity index (χ4v) is 2.31. The van der Waals surface area contributed by atoms with E-state index in [1.54, 1.807) is 24.3 Å². The summed E-state index contributed by atoms with van der Waals surface area (Å²) in [6.45, 7) is 4.38. The molecule has 1 aromatic rings. The van der Waals surface area contributed by atoms with Gasteiger partial charge in [0.15, 0.2) is 0 Å². The maximum atomic E-state index is 11.9. The van der Waals surface area contributed by atoms with E-state index in [0.29, 0.717) is 17.4 Å². The molecule has 0 radical (unpaired) electrons. The fraction of sp³-hybridized carbons (Fsp3) is 0.500. The minimum Gasteiger partial charge on any atom is -0.273 e. The van der Waals surface area contributed by atoms with E-state index in [0.717, 1.165) is 19.3 Å². The number of rotatable bonds is 5. The third-order valence-corrected chi connectivity index (χ3v) is 3.71. The highest BCUT2D eigenvalue weighted by Gasteiger charge is 2.42. The average Bonchev–Trinajstić information content (AvgIpc) is 3.23. The number of carbonyl (C=O) groups is 2. The molecule has 0 bridgehead atoms. The lowest BCUT2D eigenvalue weighted by atomic mass is 10.0. The van der Waals surface area contributed by atoms with Crippen LogP contribution in [0.5, 0.6) is 0 Å². The van der Waals surface area contributed by atoms with Crippen molar-refractivity contribution in [3.05, 3.63) is 35.9 Å². The lowest BCUT2D eigenvalue weighted by Crippen LogP contribution is -2.42. The maximum absolute atomic E-state index is 11.9. The summed E-state index contributed by atoms with van der Waals surface area (Å²) in [5, 5.41) is 0. The van der Waals surface area contributed by atoms with Crippen molar-refractivity contribution in [3.8, 4) is 0 Å². The molecule has 1 aliphatic rings. The molecule has 2 rings (SSSR count). The van der Waals surface area contributed by atoms with Gasteiger partial charge in [-0.1, -0.05) is 38.5 Å². The number of amides is 2. The molecule has 2 N–H and O–H groups in total. The van der Waals surface area contributed by atoms with E-state index in [-0.39, 0.29) is 17.7 Å². The van der Waals surface area contributed by atoms with E-state index in [1.807, 2.05) is 6.07 Å². The second-order valence-electron chi connectivity index (χ2n) is 5.88. The molecule has 1 saturated carbocycles. The van der Waals surface area contributed by atoms with Gasteiger partial charge < -0.3 is 0 Å². The van der Waals surface area contributed by atoms with Gasteiger partial charge in [-0.05, 0) is 36.8 Å². The van der Waals surface area contributed by atoms with Gasteiger partial charge in [-0.3, -0.25) is 20.4 Å². The number of hydrogen-bond donors (Lipinski definition) is 2. The van der Waals surface area contributed by atoms with Gasteiger partial charge in [0.2, 0.25) is 5.91 Å². The van der Waals surface area contributed by atoms with E-state index < -0.39 is 0 Å². The summed E-state index contributed by atoms with van der Waals surface area (Å²) in [7, 11) is 0. The van der Waals surface area contributed by atoms with Crippen molar-refractivity contribution < 1.29 is 9.59 Å². The van der Waals surface area contributed by atoms with E-state index >= 15 is 0 Å². The van der Waals surface area contributed by atoms with Crippen LogP contribution in [0.3, 0.4) is 0 Å². The highest BCUT2D eigenvalue weighted by molar-refractivity contribution is 5.95. The van der Waals surface area contributed by atoms with Crippen LogP contribution in [-0.2, 0) is 4.79 Å². The zero-order valence-corrected chi connectivity index (χ0v) is 12.1. The average molecular weight is 274 g/mol. The SMILES string of the molecule is CC(C)CCC1CC1C(=O)NNC(=O)c1ccccc1. The Bertz CT molecular complexity index is 471. The smallest absolute Gasteiger partial charge is 0.269 e. The highest BCUT2D eigenvalue weighted by atomic mass is 16.2. The van der Waals surface area contributed by atoms with Crippen molar-refractivity contribution in [2.24, 2.45) is 17.8 Å². The Balaban J connectivity index is 1.70. The van der Waals surface area contributed by atoms with Gasteiger partial charge in [-0.15, -0.1) is 0 Å². The van der Waals surface area contributed by atoms with Crippen LogP contribution in [0.1, 0.15) is 43.5 Å². The molecular formula is C16H22N2O2. The Morgan fingerprint density at radius 1 is 1.20 bits per heavy atom. The van der Waals surface area contributed by atoms with Gasteiger partial charge in [0.25, 0.3) is 5.91 Å². The van der Waals surface area contributed by atoms with Crippen molar-refractivity contribution >= 4 is 11.8 Å². The molecule has 108 valence electrons. The molecule has 2 amide bonds. The monoisotopic (exact) mass is 274 g/mol. The quantitative estimate of drug-likeness (QED) is 0.811. The van der Waals surface area contributed by atoms with Crippen LogP contribution >= 0.6 is 0 Å². The van der Waals surface area contributed by atoms with Gasteiger partial charge in [-0.2, -0.15) is 0 Å². The van der Waals surface area contributed by atoms with Crippen LogP contribution in [0.4, 0.5) is 0 Å². The van der Waals surface area contributed by atoms with Crippen LogP contribution in [-0.4, -0.2) is 11.8 Å². The first-order chi connectivity index (χ1) is 9.58. The lowest BCUT2D eigenvalue weighted by Gasteiger charge is -2.07. The van der Waals surface area contributed by atoms with Gasteiger partial charge in [0.05, 0.1) is 0 Å². The molecule has 2 unspecified atom stereocenters. The first-order valence-electron chi connectivity index (χ1n) is 7.23. The van der Waals surface area contributed by atoms with Crippen LogP contribution in [0, 0.1) is 17.8 Å². The predicted molar refractivity (Wildman–Crippen MR) is 77.7 cm³/mol. The molecule has 1 aromatic carbocycles. The third kappa shape index (κ3) is 4.08. The molecule has 4 nitrogen and oxygen atoms in total. The topological polar surface area (TPSA) is 58.2 Å². The fourth-order valence-electron chi connectivity index (χ4n) is 2.31. The van der Waals surface area contributed by atoms with Crippen LogP contribution < -0.4 is 10.9 Å². The van der Waals surface area contributed by atoms with E-state index in [4.69, 9.17) is 0 Å². The van der Waals surface area contributed by atoms with Crippen molar-refractivity contribution in [1.82, 2.24) is 10.9 Å². The molecule has 0 heterocycles. The standard InChI is InChI=1S/C16H22N2O2/c1-11(2)8-9-13-10-14(13)16(20)18-17-15(19)12-6-4-3-5-7-12/h3-7,11,13-14H,8-10H2,1-2H3,(H,17,19)(H,18,20). The van der Waals surface area contributed by atoms with E-state index in [1.165, 1.54) is 0 Å². The summed E-state index contributed by atoms with van der Waals surface area (Å²) in [5.41, 5.74) is 5.53. The van der Waals surface area contributed by atoms with E-state index in [2.05, 4.69) is 24.7 Å². The number of carbonyl (C=O) groups excluding carboxylic acids is 2. The zero-order valence-electron chi connectivity index (χ0n) is 12.1. The second-order valence-corrected chi connectivity index (χ2v) is 5.88. The van der Waals surface area contributed by atoms with E-state index in [9.17, 15) is 9.59 Å². The summed E-state index contributed by atoms with van der Waals surface area (Å²) in [6, 6.07) is 8.85. The first-order valence-corrected chi connectivity index (χ1v) is 7.23. The number of hydrazine groups is 1.